The molecule has 21 heavy (non-hydrogen) atoms. The smallest absolute Gasteiger partial charge is 0.209 e. The van der Waals surface area contributed by atoms with Crippen LogP contribution in [0.2, 0.25) is 5.02 Å². The van der Waals surface area contributed by atoms with Gasteiger partial charge in [-0.05, 0) is 47.0 Å². The minimum atomic E-state index is -0.263. The summed E-state index contributed by atoms with van der Waals surface area (Å²) in [6, 6.07) is 5.21. The summed E-state index contributed by atoms with van der Waals surface area (Å²) in [6.07, 6.45) is 2.51. The van der Waals surface area contributed by atoms with Gasteiger partial charge in [0.05, 0.1) is 6.54 Å². The lowest BCUT2D eigenvalue weighted by Gasteiger charge is -2.06. The Morgan fingerprint density at radius 1 is 1.43 bits per heavy atom. The maximum atomic E-state index is 13.7. The van der Waals surface area contributed by atoms with Gasteiger partial charge in [-0.2, -0.15) is 0 Å². The molecule has 0 saturated heterocycles. The predicted octanol–water partition coefficient (Wildman–Crippen LogP) is 2.51. The zero-order valence-corrected chi connectivity index (χ0v) is 12.9. The Bertz CT molecular complexity index is 616. The Balaban J connectivity index is 1.57. The fraction of sp³-hybridized carbons (Fsp3) is 0.462. The van der Waals surface area contributed by atoms with E-state index in [9.17, 15) is 4.39 Å². The third-order valence-corrected chi connectivity index (χ3v) is 4.44. The van der Waals surface area contributed by atoms with Gasteiger partial charge in [0.15, 0.2) is 0 Å². The molecule has 0 spiro atoms. The Morgan fingerprint density at radius 3 is 3.10 bits per heavy atom. The van der Waals surface area contributed by atoms with Crippen LogP contribution in [0.4, 0.5) is 4.39 Å². The van der Waals surface area contributed by atoms with Crippen molar-refractivity contribution < 1.29 is 4.39 Å². The van der Waals surface area contributed by atoms with Crippen molar-refractivity contribution in [1.82, 2.24) is 25.5 Å². The van der Waals surface area contributed by atoms with E-state index in [1.165, 1.54) is 30.7 Å². The van der Waals surface area contributed by atoms with Crippen LogP contribution in [-0.2, 0) is 12.3 Å². The van der Waals surface area contributed by atoms with Crippen LogP contribution in [0.25, 0.3) is 0 Å². The molecule has 0 amide bonds. The summed E-state index contributed by atoms with van der Waals surface area (Å²) in [5, 5.41) is 16.2. The van der Waals surface area contributed by atoms with E-state index < -0.39 is 0 Å². The summed E-state index contributed by atoms with van der Waals surface area (Å²) in [5.41, 5.74) is 0.554. The average molecular weight is 328 g/mol. The van der Waals surface area contributed by atoms with E-state index in [0.29, 0.717) is 34.1 Å². The average Bonchev–Trinajstić information content (AvgIpc) is 3.18. The Kier molecular flexibility index (Phi) is 4.72. The van der Waals surface area contributed by atoms with Crippen molar-refractivity contribution in [2.24, 2.45) is 0 Å². The van der Waals surface area contributed by atoms with Gasteiger partial charge in [0, 0.05) is 23.4 Å². The standard InChI is InChI=1S/C13H15ClFN5S/c14-10-1-4-12(15)9(7-10)8-21-13-17-18-19-20(13)6-5-16-11-2-3-11/h1,4,7,11,16H,2-3,5-6,8H2. The van der Waals surface area contributed by atoms with Gasteiger partial charge in [0.1, 0.15) is 5.82 Å². The molecule has 1 heterocycles. The largest absolute Gasteiger partial charge is 0.312 e. The summed E-state index contributed by atoms with van der Waals surface area (Å²) < 4.78 is 15.4. The Labute approximate surface area is 131 Å². The fourth-order valence-corrected chi connectivity index (χ4v) is 2.97. The first-order chi connectivity index (χ1) is 10.2. The lowest BCUT2D eigenvalue weighted by molar-refractivity contribution is 0.509. The monoisotopic (exact) mass is 327 g/mol. The van der Waals surface area contributed by atoms with Crippen LogP contribution in [0.5, 0.6) is 0 Å². The van der Waals surface area contributed by atoms with Crippen LogP contribution in [-0.4, -0.2) is 32.8 Å². The quantitative estimate of drug-likeness (QED) is 0.792. The number of nitrogens with zero attached hydrogens (tertiary/aromatic N) is 4. The number of benzene rings is 1. The van der Waals surface area contributed by atoms with Crippen molar-refractivity contribution in [2.45, 2.75) is 36.3 Å². The second-order valence-corrected chi connectivity index (χ2v) is 6.32. The molecule has 8 heteroatoms. The number of rotatable bonds is 7. The van der Waals surface area contributed by atoms with Crippen LogP contribution in [0.1, 0.15) is 18.4 Å². The number of tetrazole rings is 1. The summed E-state index contributed by atoms with van der Waals surface area (Å²) in [7, 11) is 0. The summed E-state index contributed by atoms with van der Waals surface area (Å²) in [6.45, 7) is 1.55. The molecule has 1 aromatic carbocycles. The SMILES string of the molecule is Fc1ccc(Cl)cc1CSc1nnnn1CCNC1CC1. The van der Waals surface area contributed by atoms with E-state index in [1.807, 2.05) is 0 Å². The van der Waals surface area contributed by atoms with Crippen LogP contribution in [0, 0.1) is 5.82 Å². The summed E-state index contributed by atoms with van der Waals surface area (Å²) in [5.74, 6) is 0.185. The molecule has 5 nitrogen and oxygen atoms in total. The number of nitrogens with one attached hydrogen (secondary N) is 1. The summed E-state index contributed by atoms with van der Waals surface area (Å²) in [4.78, 5) is 0. The van der Waals surface area contributed by atoms with Crippen molar-refractivity contribution in [1.29, 1.82) is 0 Å². The van der Waals surface area contributed by atoms with Gasteiger partial charge in [-0.15, -0.1) is 5.10 Å². The van der Waals surface area contributed by atoms with E-state index in [2.05, 4.69) is 20.8 Å². The molecule has 1 aromatic heterocycles. The first-order valence-corrected chi connectivity index (χ1v) is 8.15. The van der Waals surface area contributed by atoms with Crippen molar-refractivity contribution in [3.8, 4) is 0 Å². The molecule has 0 unspecified atom stereocenters. The molecule has 1 aliphatic carbocycles. The van der Waals surface area contributed by atoms with Gasteiger partial charge in [0.25, 0.3) is 0 Å². The van der Waals surface area contributed by atoms with Crippen molar-refractivity contribution in [2.75, 3.05) is 6.54 Å². The highest BCUT2D eigenvalue weighted by molar-refractivity contribution is 7.98. The number of hydrogen-bond donors (Lipinski definition) is 1. The van der Waals surface area contributed by atoms with Crippen molar-refractivity contribution >= 4 is 23.4 Å². The van der Waals surface area contributed by atoms with Crippen LogP contribution < -0.4 is 5.32 Å². The van der Waals surface area contributed by atoms with E-state index in [1.54, 1.807) is 16.8 Å². The molecule has 3 rings (SSSR count). The van der Waals surface area contributed by atoms with Gasteiger partial charge in [0.2, 0.25) is 5.16 Å². The molecule has 0 bridgehead atoms. The summed E-state index contributed by atoms with van der Waals surface area (Å²) >= 11 is 7.29. The second kappa shape index (κ2) is 6.72. The topological polar surface area (TPSA) is 55.6 Å². The maximum absolute atomic E-state index is 13.7. The highest BCUT2D eigenvalue weighted by Gasteiger charge is 2.20. The number of thioether (sulfide) groups is 1. The normalized spacial score (nSPS) is 14.6. The lowest BCUT2D eigenvalue weighted by atomic mass is 10.2. The van der Waals surface area contributed by atoms with E-state index >= 15 is 0 Å². The fourth-order valence-electron chi connectivity index (χ4n) is 1.90. The van der Waals surface area contributed by atoms with Gasteiger partial charge in [-0.3, -0.25) is 0 Å². The molecule has 1 N–H and O–H groups in total. The highest BCUT2D eigenvalue weighted by Crippen LogP contribution is 2.24. The van der Waals surface area contributed by atoms with E-state index in [4.69, 9.17) is 11.6 Å². The van der Waals surface area contributed by atoms with Crippen LogP contribution >= 0.6 is 23.4 Å². The molecule has 0 radical (unpaired) electrons. The van der Waals surface area contributed by atoms with E-state index in [-0.39, 0.29) is 5.82 Å². The van der Waals surface area contributed by atoms with Gasteiger partial charge >= 0.3 is 0 Å². The Morgan fingerprint density at radius 2 is 2.29 bits per heavy atom. The highest BCUT2D eigenvalue weighted by atomic mass is 35.5. The minimum Gasteiger partial charge on any atom is -0.312 e. The molecular formula is C13H15ClFN5S. The third-order valence-electron chi connectivity index (χ3n) is 3.20. The molecule has 1 saturated carbocycles. The third kappa shape index (κ3) is 4.15. The van der Waals surface area contributed by atoms with Gasteiger partial charge in [-0.25, -0.2) is 9.07 Å². The van der Waals surface area contributed by atoms with Crippen LogP contribution in [0.15, 0.2) is 23.4 Å². The van der Waals surface area contributed by atoms with E-state index in [0.717, 1.165) is 6.54 Å². The van der Waals surface area contributed by atoms with Gasteiger partial charge in [-0.1, -0.05) is 23.4 Å². The molecule has 0 aliphatic heterocycles. The molecule has 2 aromatic rings. The van der Waals surface area contributed by atoms with Crippen LogP contribution in [0.3, 0.4) is 0 Å². The molecule has 0 atom stereocenters. The number of aromatic nitrogens is 4. The molecular weight excluding hydrogens is 313 g/mol. The zero-order chi connectivity index (χ0) is 14.7. The van der Waals surface area contributed by atoms with Crippen molar-refractivity contribution in [3.63, 3.8) is 0 Å². The zero-order valence-electron chi connectivity index (χ0n) is 11.3. The number of halogens is 2. The first-order valence-electron chi connectivity index (χ1n) is 6.78. The Hall–Kier alpha value is -1.18. The maximum Gasteiger partial charge on any atom is 0.209 e. The number of hydrogen-bond acceptors (Lipinski definition) is 5. The molecule has 1 fully saturated rings. The van der Waals surface area contributed by atoms with Crippen molar-refractivity contribution in [3.05, 3.63) is 34.6 Å². The lowest BCUT2D eigenvalue weighted by Crippen LogP contribution is -2.22. The minimum absolute atomic E-state index is 0.263. The first kappa shape index (κ1) is 14.7. The predicted molar refractivity (Wildman–Crippen MR) is 79.8 cm³/mol. The second-order valence-electron chi connectivity index (χ2n) is 4.94. The molecule has 112 valence electrons. The van der Waals surface area contributed by atoms with Gasteiger partial charge < -0.3 is 5.32 Å². The molecule has 1 aliphatic rings.